The number of aliphatic hydroxyl groups excluding tert-OH is 3. The normalized spacial score (nSPS) is 53.0. The van der Waals surface area contributed by atoms with Gasteiger partial charge in [-0.3, -0.25) is 0 Å². The first-order chi connectivity index (χ1) is 18.7. The number of hydrogen-bond donors (Lipinski definition) is 4. The van der Waals surface area contributed by atoms with Crippen molar-refractivity contribution in [1.29, 1.82) is 0 Å². The number of likely N-dealkylation sites (tertiary alicyclic amines) is 1. The highest BCUT2D eigenvalue weighted by atomic mass is 16.6. The zero-order valence-corrected chi connectivity index (χ0v) is 24.3. The van der Waals surface area contributed by atoms with Crippen molar-refractivity contribution < 1.29 is 39.5 Å². The molecule has 0 amide bonds. The summed E-state index contributed by atoms with van der Waals surface area (Å²) in [5.41, 5.74) is -3.28. The average molecular weight is 558 g/mol. The number of allylic oxidation sites excluding steroid dienone is 2. The van der Waals surface area contributed by atoms with Gasteiger partial charge in [-0.1, -0.05) is 31.2 Å². The Morgan fingerprint density at radius 1 is 1.00 bits per heavy atom. The maximum atomic E-state index is 13.4. The van der Waals surface area contributed by atoms with Gasteiger partial charge >= 0.3 is 11.9 Å². The van der Waals surface area contributed by atoms with Gasteiger partial charge in [-0.25, -0.2) is 9.59 Å². The number of aliphatic hydroxyl groups is 4. The molecular formula is C31H43NO8. The second kappa shape index (κ2) is 8.51. The largest absolute Gasteiger partial charge is 0.455 e. The van der Waals surface area contributed by atoms with Crippen molar-refractivity contribution >= 4 is 11.9 Å². The molecule has 6 fully saturated rings. The summed E-state index contributed by atoms with van der Waals surface area (Å²) in [6.07, 6.45) is -1.41. The highest BCUT2D eigenvalue weighted by Crippen LogP contribution is 2.84. The third-order valence-electron chi connectivity index (χ3n) is 12.3. The SMILES string of the molecule is C=C1C[C@]23[C@H]4[C@H]1[C@@H](OC(=O)/C(C)=C/C)[C@@H](OC(=O)/C(C)=C/C)[C@H]2[C@@]12C[C@@H](O)C[C@@](C)(CN(C)[C@@H]41)[C@@]2(O)[C@@H](O)[C@@H]3O. The zero-order valence-electron chi connectivity index (χ0n) is 24.3. The Labute approximate surface area is 235 Å². The molecule has 5 aliphatic carbocycles. The van der Waals surface area contributed by atoms with Crippen molar-refractivity contribution in [3.05, 3.63) is 35.5 Å². The van der Waals surface area contributed by atoms with E-state index >= 15 is 0 Å². The molecule has 2 spiro atoms. The summed E-state index contributed by atoms with van der Waals surface area (Å²) in [6.45, 7) is 13.4. The number of carbonyl (C=O) groups excluding carboxylic acids is 2. The van der Waals surface area contributed by atoms with Gasteiger partial charge in [-0.05, 0) is 59.9 Å². The minimum Gasteiger partial charge on any atom is -0.455 e. The van der Waals surface area contributed by atoms with E-state index in [1.165, 1.54) is 0 Å². The molecule has 4 N–H and O–H groups in total. The molecule has 1 heterocycles. The summed E-state index contributed by atoms with van der Waals surface area (Å²) in [4.78, 5) is 28.9. The lowest BCUT2D eigenvalue weighted by Gasteiger charge is -2.73. The van der Waals surface area contributed by atoms with E-state index in [4.69, 9.17) is 9.47 Å². The topological polar surface area (TPSA) is 137 Å². The van der Waals surface area contributed by atoms with Gasteiger partial charge in [0.25, 0.3) is 0 Å². The van der Waals surface area contributed by atoms with Crippen LogP contribution in [0.3, 0.4) is 0 Å². The van der Waals surface area contributed by atoms with Gasteiger partial charge in [-0.15, -0.1) is 0 Å². The van der Waals surface area contributed by atoms with E-state index in [1.54, 1.807) is 39.8 Å². The van der Waals surface area contributed by atoms with Crippen LogP contribution >= 0.6 is 0 Å². The van der Waals surface area contributed by atoms with Crippen LogP contribution in [0.25, 0.3) is 0 Å². The van der Waals surface area contributed by atoms with E-state index in [0.717, 1.165) is 5.57 Å². The second-order valence-corrected chi connectivity index (χ2v) is 13.8. The molecule has 5 saturated carbocycles. The molecule has 13 atom stereocenters. The Morgan fingerprint density at radius 2 is 1.57 bits per heavy atom. The Hall–Kier alpha value is -2.04. The lowest BCUT2D eigenvalue weighted by molar-refractivity contribution is -0.361. The van der Waals surface area contributed by atoms with Crippen LogP contribution in [0.1, 0.15) is 53.9 Å². The van der Waals surface area contributed by atoms with Gasteiger partial charge in [0.05, 0.1) is 12.2 Å². The Kier molecular flexibility index (Phi) is 5.97. The van der Waals surface area contributed by atoms with Crippen molar-refractivity contribution in [2.75, 3.05) is 13.6 Å². The quantitative estimate of drug-likeness (QED) is 0.230. The fourth-order valence-corrected chi connectivity index (χ4v) is 11.1. The highest BCUT2D eigenvalue weighted by molar-refractivity contribution is 5.89. The minimum atomic E-state index is -1.78. The van der Waals surface area contributed by atoms with Gasteiger partial charge in [0, 0.05) is 51.8 Å². The molecule has 6 aliphatic rings. The molecule has 9 nitrogen and oxygen atoms in total. The smallest absolute Gasteiger partial charge is 0.333 e. The fraction of sp³-hybridized carbons (Fsp3) is 0.742. The molecule has 1 saturated heterocycles. The number of nitrogens with zero attached hydrogens (tertiary/aromatic N) is 1. The number of hydrogen-bond acceptors (Lipinski definition) is 9. The summed E-state index contributed by atoms with van der Waals surface area (Å²) in [6, 6.07) is -0.378. The highest BCUT2D eigenvalue weighted by Gasteiger charge is 2.93. The van der Waals surface area contributed by atoms with Crippen LogP contribution in [0.5, 0.6) is 0 Å². The Morgan fingerprint density at radius 3 is 2.15 bits per heavy atom. The van der Waals surface area contributed by atoms with Gasteiger partial charge in [0.1, 0.15) is 23.9 Å². The molecule has 6 bridgehead atoms. The third kappa shape index (κ3) is 2.86. The number of esters is 2. The van der Waals surface area contributed by atoms with Gasteiger partial charge in [-0.2, -0.15) is 0 Å². The molecule has 0 aromatic heterocycles. The van der Waals surface area contributed by atoms with Crippen molar-refractivity contribution in [2.24, 2.45) is 34.0 Å². The monoisotopic (exact) mass is 557 g/mol. The maximum absolute atomic E-state index is 13.4. The second-order valence-electron chi connectivity index (χ2n) is 13.8. The predicted molar refractivity (Wildman–Crippen MR) is 144 cm³/mol. The molecular weight excluding hydrogens is 514 g/mol. The van der Waals surface area contributed by atoms with Crippen LogP contribution in [-0.2, 0) is 19.1 Å². The molecule has 0 radical (unpaired) electrons. The molecule has 40 heavy (non-hydrogen) atoms. The van der Waals surface area contributed by atoms with Crippen LogP contribution in [0.2, 0.25) is 0 Å². The van der Waals surface area contributed by atoms with Crippen LogP contribution in [0.4, 0.5) is 0 Å². The van der Waals surface area contributed by atoms with Gasteiger partial charge in [0.15, 0.2) is 0 Å². The van der Waals surface area contributed by atoms with E-state index < -0.39 is 76.1 Å². The third-order valence-corrected chi connectivity index (χ3v) is 12.3. The molecule has 0 aromatic carbocycles. The van der Waals surface area contributed by atoms with Crippen LogP contribution in [0.15, 0.2) is 35.5 Å². The molecule has 1 aliphatic heterocycles. The predicted octanol–water partition coefficient (Wildman–Crippen LogP) is 1.49. The van der Waals surface area contributed by atoms with Crippen molar-refractivity contribution in [3.8, 4) is 0 Å². The Balaban J connectivity index is 1.64. The van der Waals surface area contributed by atoms with Gasteiger partial charge < -0.3 is 34.8 Å². The summed E-state index contributed by atoms with van der Waals surface area (Å²) >= 11 is 0. The number of ether oxygens (including phenoxy) is 2. The number of carbonyl (C=O) groups is 2. The number of piperidine rings is 1. The summed E-state index contributed by atoms with van der Waals surface area (Å²) in [5.74, 6) is -2.63. The van der Waals surface area contributed by atoms with Crippen molar-refractivity contribution in [1.82, 2.24) is 4.90 Å². The first-order valence-corrected chi connectivity index (χ1v) is 14.5. The van der Waals surface area contributed by atoms with Crippen LogP contribution in [0, 0.1) is 34.0 Å². The van der Waals surface area contributed by atoms with Gasteiger partial charge in [0.2, 0.25) is 0 Å². The number of rotatable bonds is 4. The Bertz CT molecular complexity index is 1240. The minimum absolute atomic E-state index is 0.172. The van der Waals surface area contributed by atoms with Crippen molar-refractivity contribution in [3.63, 3.8) is 0 Å². The molecule has 9 heteroatoms. The summed E-state index contributed by atoms with van der Waals surface area (Å²) < 4.78 is 12.5. The average Bonchev–Trinajstić information content (AvgIpc) is 3.21. The van der Waals surface area contributed by atoms with E-state index in [1.807, 2.05) is 14.0 Å². The van der Waals surface area contributed by atoms with Crippen molar-refractivity contribution in [2.45, 2.75) is 96.0 Å². The fourth-order valence-electron chi connectivity index (χ4n) is 11.1. The molecule has 6 rings (SSSR count). The molecule has 0 aromatic rings. The lowest BCUT2D eigenvalue weighted by atomic mass is 9.38. The van der Waals surface area contributed by atoms with E-state index in [0.29, 0.717) is 24.1 Å². The van der Waals surface area contributed by atoms with Crippen LogP contribution < -0.4 is 0 Å². The van der Waals surface area contributed by atoms with E-state index in [2.05, 4.69) is 11.5 Å². The molecule has 0 unspecified atom stereocenters. The van der Waals surface area contributed by atoms with E-state index in [-0.39, 0.29) is 24.8 Å². The van der Waals surface area contributed by atoms with Crippen LogP contribution in [-0.4, -0.2) is 93.0 Å². The van der Waals surface area contributed by atoms with E-state index in [9.17, 15) is 30.0 Å². The first-order valence-electron chi connectivity index (χ1n) is 14.5. The zero-order chi connectivity index (χ0) is 29.3. The maximum Gasteiger partial charge on any atom is 0.333 e. The molecule has 220 valence electrons. The summed E-state index contributed by atoms with van der Waals surface area (Å²) in [7, 11) is 1.99. The lowest BCUT2D eigenvalue weighted by Crippen LogP contribution is -2.84. The summed E-state index contributed by atoms with van der Waals surface area (Å²) in [5, 5.41) is 48.2. The standard InChI is InChI=1S/C31H43NO8/c1-8-14(3)26(36)39-20-18-16(5)10-29-19(18)23-30(22(29)21(20)40-27(37)15(4)9-2)12-17(33)11-28(6,13-32(23)7)31(30,38)25(35)24(29)34/h8-9,17-25,33-35,38H,5,10-13H2,1-4,6-7H3/b14-8+,15-9+/t17-,18-,19-,20+,21+,22+,23-,24-,25-,28-,29-,30-,31-/m0/s1. The first kappa shape index (κ1) is 28.1.